The summed E-state index contributed by atoms with van der Waals surface area (Å²) in [4.78, 5) is 14.7. The van der Waals surface area contributed by atoms with Gasteiger partial charge in [-0.2, -0.15) is 0 Å². The molecule has 0 radical (unpaired) electrons. The molecule has 0 aliphatic heterocycles. The third-order valence-electron chi connectivity index (χ3n) is 4.91. The van der Waals surface area contributed by atoms with Crippen LogP contribution in [0.25, 0.3) is 0 Å². The lowest BCUT2D eigenvalue weighted by molar-refractivity contribution is -0.139. The van der Waals surface area contributed by atoms with Crippen LogP contribution in [0.4, 0.5) is 0 Å². The fourth-order valence-corrected chi connectivity index (χ4v) is 3.49. The van der Waals surface area contributed by atoms with Crippen molar-refractivity contribution < 1.29 is 4.79 Å². The molecule has 0 aromatic heterocycles. The summed E-state index contributed by atoms with van der Waals surface area (Å²) >= 11 is 0. The van der Waals surface area contributed by atoms with E-state index in [9.17, 15) is 4.79 Å². The van der Waals surface area contributed by atoms with E-state index in [1.165, 1.54) is 32.1 Å². The van der Waals surface area contributed by atoms with Crippen molar-refractivity contribution >= 4 is 5.91 Å². The standard InChI is InChI=1S/C15H28N2O/c1-3-17(15(18)11(2)12-8-9-12)14-7-5-4-6-13(14)10-16/h11-14H,3-10,16H2,1-2H3. The van der Waals surface area contributed by atoms with E-state index >= 15 is 0 Å². The molecule has 0 heterocycles. The third-order valence-corrected chi connectivity index (χ3v) is 4.91. The van der Waals surface area contributed by atoms with E-state index < -0.39 is 0 Å². The Labute approximate surface area is 111 Å². The van der Waals surface area contributed by atoms with Gasteiger partial charge in [0.25, 0.3) is 0 Å². The molecule has 2 N–H and O–H groups in total. The van der Waals surface area contributed by atoms with Gasteiger partial charge in [-0.25, -0.2) is 0 Å². The second-order valence-corrected chi connectivity index (χ2v) is 6.10. The van der Waals surface area contributed by atoms with Gasteiger partial charge in [0.05, 0.1) is 0 Å². The highest BCUT2D eigenvalue weighted by atomic mass is 16.2. The van der Waals surface area contributed by atoms with Gasteiger partial charge in [0, 0.05) is 18.5 Å². The summed E-state index contributed by atoms with van der Waals surface area (Å²) in [6, 6.07) is 0.405. The van der Waals surface area contributed by atoms with E-state index in [0.29, 0.717) is 23.8 Å². The second-order valence-electron chi connectivity index (χ2n) is 6.10. The van der Waals surface area contributed by atoms with Gasteiger partial charge >= 0.3 is 0 Å². The number of carbonyl (C=O) groups excluding carboxylic acids is 1. The smallest absolute Gasteiger partial charge is 0.225 e. The highest BCUT2D eigenvalue weighted by Gasteiger charge is 2.38. The highest BCUT2D eigenvalue weighted by molar-refractivity contribution is 5.79. The number of nitrogens with zero attached hydrogens (tertiary/aromatic N) is 1. The number of hydrogen-bond acceptors (Lipinski definition) is 2. The van der Waals surface area contributed by atoms with Crippen molar-refractivity contribution in [2.45, 2.75) is 58.4 Å². The van der Waals surface area contributed by atoms with Gasteiger partial charge in [-0.1, -0.05) is 19.8 Å². The lowest BCUT2D eigenvalue weighted by Gasteiger charge is -2.40. The molecule has 2 saturated carbocycles. The molecule has 3 heteroatoms. The Morgan fingerprint density at radius 2 is 1.94 bits per heavy atom. The van der Waals surface area contributed by atoms with Crippen LogP contribution in [0.5, 0.6) is 0 Å². The average molecular weight is 252 g/mol. The first-order valence-corrected chi connectivity index (χ1v) is 7.69. The molecule has 2 fully saturated rings. The van der Waals surface area contributed by atoms with Crippen LogP contribution < -0.4 is 5.73 Å². The van der Waals surface area contributed by atoms with E-state index in [1.807, 2.05) is 0 Å². The molecule has 0 spiro atoms. The Morgan fingerprint density at radius 1 is 1.28 bits per heavy atom. The summed E-state index contributed by atoms with van der Waals surface area (Å²) in [7, 11) is 0. The number of carbonyl (C=O) groups is 1. The van der Waals surface area contributed by atoms with E-state index in [2.05, 4.69) is 18.7 Å². The minimum Gasteiger partial charge on any atom is -0.339 e. The summed E-state index contributed by atoms with van der Waals surface area (Å²) in [5, 5.41) is 0. The Bertz CT molecular complexity index is 288. The number of amides is 1. The molecular weight excluding hydrogens is 224 g/mol. The Kier molecular flexibility index (Phi) is 4.66. The molecule has 2 rings (SSSR count). The summed E-state index contributed by atoms with van der Waals surface area (Å²) in [6.45, 7) is 5.80. The molecular formula is C15H28N2O. The lowest BCUT2D eigenvalue weighted by Crippen LogP contribution is -2.49. The largest absolute Gasteiger partial charge is 0.339 e. The second kappa shape index (κ2) is 6.05. The maximum Gasteiger partial charge on any atom is 0.225 e. The van der Waals surface area contributed by atoms with Crippen LogP contribution in [0.15, 0.2) is 0 Å². The molecule has 0 aromatic carbocycles. The topological polar surface area (TPSA) is 46.3 Å². The zero-order chi connectivity index (χ0) is 13.1. The zero-order valence-corrected chi connectivity index (χ0v) is 11.9. The van der Waals surface area contributed by atoms with Crippen LogP contribution in [-0.4, -0.2) is 29.9 Å². The summed E-state index contributed by atoms with van der Waals surface area (Å²) in [5.41, 5.74) is 5.90. The first kappa shape index (κ1) is 13.9. The van der Waals surface area contributed by atoms with E-state index in [0.717, 1.165) is 19.5 Å². The normalized spacial score (nSPS) is 29.9. The predicted molar refractivity (Wildman–Crippen MR) is 74.1 cm³/mol. The van der Waals surface area contributed by atoms with Gasteiger partial charge in [0.1, 0.15) is 0 Å². The molecule has 104 valence electrons. The van der Waals surface area contributed by atoms with Crippen LogP contribution in [0.1, 0.15) is 52.4 Å². The molecule has 0 aromatic rings. The molecule has 3 nitrogen and oxygen atoms in total. The molecule has 1 amide bonds. The fraction of sp³-hybridized carbons (Fsp3) is 0.933. The van der Waals surface area contributed by atoms with Crippen LogP contribution in [-0.2, 0) is 4.79 Å². The fourth-order valence-electron chi connectivity index (χ4n) is 3.49. The monoisotopic (exact) mass is 252 g/mol. The lowest BCUT2D eigenvalue weighted by atomic mass is 9.83. The van der Waals surface area contributed by atoms with E-state index in [4.69, 9.17) is 5.73 Å². The SMILES string of the molecule is CCN(C(=O)C(C)C1CC1)C1CCCCC1CN. The van der Waals surface area contributed by atoms with Gasteiger partial charge in [-0.3, -0.25) is 4.79 Å². The van der Waals surface area contributed by atoms with Crippen molar-refractivity contribution in [3.63, 3.8) is 0 Å². The Hall–Kier alpha value is -0.570. The van der Waals surface area contributed by atoms with E-state index in [1.54, 1.807) is 0 Å². The summed E-state index contributed by atoms with van der Waals surface area (Å²) < 4.78 is 0. The first-order valence-electron chi connectivity index (χ1n) is 7.69. The van der Waals surface area contributed by atoms with Gasteiger partial charge < -0.3 is 10.6 Å². The number of hydrogen-bond donors (Lipinski definition) is 1. The van der Waals surface area contributed by atoms with Crippen LogP contribution in [0.3, 0.4) is 0 Å². The molecule has 2 aliphatic rings. The zero-order valence-electron chi connectivity index (χ0n) is 11.9. The Balaban J connectivity index is 2.03. The van der Waals surface area contributed by atoms with Gasteiger partial charge in [-0.15, -0.1) is 0 Å². The van der Waals surface area contributed by atoms with Crippen molar-refractivity contribution in [2.24, 2.45) is 23.5 Å². The van der Waals surface area contributed by atoms with Gasteiger partial charge in [-0.05, 0) is 51.0 Å². The van der Waals surface area contributed by atoms with Gasteiger partial charge in [0.15, 0.2) is 0 Å². The van der Waals surface area contributed by atoms with Crippen molar-refractivity contribution in [1.82, 2.24) is 4.90 Å². The predicted octanol–water partition coefficient (Wildman–Crippen LogP) is 2.40. The van der Waals surface area contributed by atoms with Gasteiger partial charge in [0.2, 0.25) is 5.91 Å². The number of rotatable bonds is 5. The number of nitrogens with two attached hydrogens (primary N) is 1. The molecule has 2 aliphatic carbocycles. The molecule has 3 atom stereocenters. The quantitative estimate of drug-likeness (QED) is 0.816. The van der Waals surface area contributed by atoms with Crippen LogP contribution in [0.2, 0.25) is 0 Å². The van der Waals surface area contributed by atoms with Crippen molar-refractivity contribution in [3.8, 4) is 0 Å². The summed E-state index contributed by atoms with van der Waals surface area (Å²) in [6.07, 6.45) is 7.37. The minimum atomic E-state index is 0.227. The Morgan fingerprint density at radius 3 is 2.50 bits per heavy atom. The molecule has 0 bridgehead atoms. The maximum absolute atomic E-state index is 12.6. The van der Waals surface area contributed by atoms with E-state index in [-0.39, 0.29) is 5.92 Å². The summed E-state index contributed by atoms with van der Waals surface area (Å²) in [5.74, 6) is 1.79. The molecule has 18 heavy (non-hydrogen) atoms. The van der Waals surface area contributed by atoms with Crippen molar-refractivity contribution in [2.75, 3.05) is 13.1 Å². The maximum atomic E-state index is 12.6. The van der Waals surface area contributed by atoms with Crippen molar-refractivity contribution in [1.29, 1.82) is 0 Å². The minimum absolute atomic E-state index is 0.227. The highest BCUT2D eigenvalue weighted by Crippen LogP contribution is 2.38. The van der Waals surface area contributed by atoms with Crippen LogP contribution >= 0.6 is 0 Å². The molecule has 0 saturated heterocycles. The van der Waals surface area contributed by atoms with Crippen molar-refractivity contribution in [3.05, 3.63) is 0 Å². The third kappa shape index (κ3) is 2.87. The van der Waals surface area contributed by atoms with Crippen LogP contribution in [0, 0.1) is 17.8 Å². The average Bonchev–Trinajstić information content (AvgIpc) is 3.23. The first-order chi connectivity index (χ1) is 8.69. The molecule has 3 unspecified atom stereocenters.